The fraction of sp³-hybridized carbons (Fsp3) is 0.450. The van der Waals surface area contributed by atoms with E-state index in [0.29, 0.717) is 11.5 Å². The molecule has 0 radical (unpaired) electrons. The second kappa shape index (κ2) is 9.73. The molecule has 1 fully saturated rings. The number of carboxylic acid groups (broad SMARTS) is 1. The molecule has 2 aromatic rings. The van der Waals surface area contributed by atoms with Gasteiger partial charge in [-0.3, -0.25) is 4.79 Å². The minimum absolute atomic E-state index is 0.0967. The topological polar surface area (TPSA) is 110 Å². The van der Waals surface area contributed by atoms with Crippen LogP contribution in [0.1, 0.15) is 32.1 Å². The number of benzene rings is 1. The lowest BCUT2D eigenvalue weighted by molar-refractivity contribution is -0.252. The smallest absolute Gasteiger partial charge is 0.345 e. The Labute approximate surface area is 186 Å². The zero-order chi connectivity index (χ0) is 22.7. The van der Waals surface area contributed by atoms with Gasteiger partial charge in [0, 0.05) is 17.4 Å². The zero-order valence-corrected chi connectivity index (χ0v) is 18.4. The van der Waals surface area contributed by atoms with E-state index in [1.165, 1.54) is 4.90 Å². The molecule has 0 bridgehead atoms. The molecule has 2 amide bonds. The van der Waals surface area contributed by atoms with Gasteiger partial charge in [-0.1, -0.05) is 41.9 Å². The van der Waals surface area contributed by atoms with Crippen molar-refractivity contribution in [1.82, 2.24) is 20.2 Å². The monoisotopic (exact) mass is 499 g/mol. The van der Waals surface area contributed by atoms with E-state index < -0.39 is 36.8 Å². The molecule has 11 heteroatoms. The molecule has 8 nitrogen and oxygen atoms in total. The van der Waals surface area contributed by atoms with Crippen LogP contribution in [-0.4, -0.2) is 52.2 Å². The maximum Gasteiger partial charge on any atom is 0.345 e. The van der Waals surface area contributed by atoms with Crippen molar-refractivity contribution in [3.05, 3.63) is 40.8 Å². The van der Waals surface area contributed by atoms with Crippen LogP contribution in [0, 0.1) is 5.92 Å². The van der Waals surface area contributed by atoms with Gasteiger partial charge in [0.1, 0.15) is 18.0 Å². The number of H-pyrrole nitrogens is 1. The van der Waals surface area contributed by atoms with Gasteiger partial charge in [0.25, 0.3) is 0 Å². The minimum atomic E-state index is -2.99. The second-order valence-corrected chi connectivity index (χ2v) is 8.52. The summed E-state index contributed by atoms with van der Waals surface area (Å²) < 4.78 is 31.2. The van der Waals surface area contributed by atoms with Crippen LogP contribution >= 0.6 is 15.9 Å². The van der Waals surface area contributed by atoms with Gasteiger partial charge < -0.3 is 29.8 Å². The third-order valence-electron chi connectivity index (χ3n) is 5.11. The normalized spacial score (nSPS) is 19.8. The maximum atomic E-state index is 13.1. The van der Waals surface area contributed by atoms with Gasteiger partial charge in [-0.2, -0.15) is 8.78 Å². The van der Waals surface area contributed by atoms with Gasteiger partial charge in [-0.05, 0) is 23.6 Å². The molecule has 3 unspecified atom stereocenters. The zero-order valence-electron chi connectivity index (χ0n) is 16.8. The summed E-state index contributed by atoms with van der Waals surface area (Å²) in [5, 5.41) is 13.2. The number of hydrogen-bond donors (Lipinski definition) is 2. The number of amides is 2. The summed E-state index contributed by atoms with van der Waals surface area (Å²) in [5.74, 6) is -0.523. The first-order valence-electron chi connectivity index (χ1n) is 9.68. The Morgan fingerprint density at radius 2 is 2.00 bits per heavy atom. The predicted octanol–water partition coefficient (Wildman–Crippen LogP) is 2.68. The van der Waals surface area contributed by atoms with Crippen molar-refractivity contribution in [1.29, 1.82) is 0 Å². The fourth-order valence-corrected chi connectivity index (χ4v) is 3.91. The number of aromatic amines is 1. The van der Waals surface area contributed by atoms with E-state index in [9.17, 15) is 23.5 Å². The number of halogens is 3. The van der Waals surface area contributed by atoms with Crippen LogP contribution in [0.4, 0.5) is 13.6 Å². The fourth-order valence-electron chi connectivity index (χ4n) is 3.65. The number of hydrogen-bond acceptors (Lipinski definition) is 5. The number of nitrogens with zero attached hydrogens (tertiary/aromatic N) is 2. The van der Waals surface area contributed by atoms with Crippen LogP contribution in [0.3, 0.4) is 0 Å². The Morgan fingerprint density at radius 3 is 2.58 bits per heavy atom. The third kappa shape index (κ3) is 5.59. The second-order valence-electron chi connectivity index (χ2n) is 7.60. The lowest BCUT2D eigenvalue weighted by Crippen LogP contribution is -2.54. The lowest BCUT2D eigenvalue weighted by Gasteiger charge is -2.30. The van der Waals surface area contributed by atoms with E-state index in [1.807, 2.05) is 24.3 Å². The highest BCUT2D eigenvalue weighted by Gasteiger charge is 2.42. The van der Waals surface area contributed by atoms with Crippen molar-refractivity contribution >= 4 is 27.9 Å². The number of nitrogens with one attached hydrogen (secondary N) is 2. The van der Waals surface area contributed by atoms with Crippen molar-refractivity contribution < 1.29 is 28.2 Å². The van der Waals surface area contributed by atoms with Crippen LogP contribution in [0.25, 0.3) is 11.3 Å². The molecule has 31 heavy (non-hydrogen) atoms. The molecule has 1 aliphatic rings. The molecular weight excluding hydrogens is 478 g/mol. The summed E-state index contributed by atoms with van der Waals surface area (Å²) in [6.45, 7) is 0.253. The number of alkyl halides is 2. The van der Waals surface area contributed by atoms with Crippen LogP contribution in [0.5, 0.6) is 0 Å². The molecule has 0 spiro atoms. The average molecular weight is 500 g/mol. The molecule has 2 N–H and O–H groups in total. The Balaban J connectivity index is 1.89. The van der Waals surface area contributed by atoms with E-state index in [2.05, 4.69) is 36.0 Å². The highest BCUT2D eigenvalue weighted by molar-refractivity contribution is 9.10. The molecule has 1 aromatic carbocycles. The van der Waals surface area contributed by atoms with Crippen LogP contribution < -0.4 is 10.4 Å². The molecule has 168 valence electrons. The highest BCUT2D eigenvalue weighted by Crippen LogP contribution is 2.35. The predicted molar refractivity (Wildman–Crippen MR) is 109 cm³/mol. The quantitative estimate of drug-likeness (QED) is 0.608. The number of imidazole rings is 1. The van der Waals surface area contributed by atoms with Gasteiger partial charge in [-0.25, -0.2) is 4.98 Å². The Hall–Kier alpha value is -2.53. The van der Waals surface area contributed by atoms with E-state index in [1.54, 1.807) is 20.0 Å². The van der Waals surface area contributed by atoms with E-state index in [4.69, 9.17) is 0 Å². The van der Waals surface area contributed by atoms with Crippen molar-refractivity contribution in [3.63, 3.8) is 0 Å². The number of carbonyl (C=O) groups is 2. The number of likely N-dealkylation sites (tertiary alicyclic amines) is 1. The highest BCUT2D eigenvalue weighted by atomic mass is 79.9. The standard InChI is InChI=1S/C20H23BrF2N4O4/c1-10(2)16(26-20(29)30)18(28)27-9-13(31-19(22)23)7-15(27)17-24-8-14(25-17)11-3-5-12(21)6-4-11/h3-6,8,10,13,15-16,19,26H,7,9H2,1-2H3,(H,24,25)(H,29,30)/p-1. The first-order valence-corrected chi connectivity index (χ1v) is 10.5. The molecule has 1 saturated heterocycles. The lowest BCUT2D eigenvalue weighted by atomic mass is 10.0. The van der Waals surface area contributed by atoms with Gasteiger partial charge >= 0.3 is 6.61 Å². The Morgan fingerprint density at radius 1 is 1.32 bits per heavy atom. The summed E-state index contributed by atoms with van der Waals surface area (Å²) in [5.41, 5.74) is 1.55. The minimum Gasteiger partial charge on any atom is -0.530 e. The van der Waals surface area contributed by atoms with E-state index in [0.717, 1.165) is 10.0 Å². The van der Waals surface area contributed by atoms with Gasteiger partial charge in [0.2, 0.25) is 5.91 Å². The Kier molecular flexibility index (Phi) is 7.26. The van der Waals surface area contributed by atoms with Gasteiger partial charge in [-0.15, -0.1) is 0 Å². The SMILES string of the molecule is CC(C)C(NC(=O)[O-])C(=O)N1CC(OC(F)F)CC1c1ncc(-c2ccc(Br)cc2)[nH]1. The van der Waals surface area contributed by atoms with E-state index >= 15 is 0 Å². The number of aromatic nitrogens is 2. The summed E-state index contributed by atoms with van der Waals surface area (Å²) in [7, 11) is 0. The molecule has 0 aliphatic carbocycles. The molecule has 2 heterocycles. The molecule has 3 atom stereocenters. The number of ether oxygens (including phenoxy) is 1. The summed E-state index contributed by atoms with van der Waals surface area (Å²) in [4.78, 5) is 33.0. The molecule has 3 rings (SSSR count). The molecular formula is C20H22BrF2N4O4-. The van der Waals surface area contributed by atoms with Crippen LogP contribution in [-0.2, 0) is 9.53 Å². The first kappa shape index (κ1) is 23.1. The van der Waals surface area contributed by atoms with Crippen molar-refractivity contribution in [2.24, 2.45) is 5.92 Å². The van der Waals surface area contributed by atoms with Crippen molar-refractivity contribution in [3.8, 4) is 11.3 Å². The van der Waals surface area contributed by atoms with E-state index in [-0.39, 0.29) is 18.9 Å². The van der Waals surface area contributed by atoms with Crippen LogP contribution in [0.15, 0.2) is 34.9 Å². The largest absolute Gasteiger partial charge is 0.530 e. The van der Waals surface area contributed by atoms with Crippen molar-refractivity contribution in [2.45, 2.75) is 45.1 Å². The first-order chi connectivity index (χ1) is 14.7. The number of carbonyl (C=O) groups excluding carboxylic acids is 2. The van der Waals surface area contributed by atoms with Crippen LogP contribution in [0.2, 0.25) is 0 Å². The molecule has 1 aliphatic heterocycles. The average Bonchev–Trinajstić information content (AvgIpc) is 3.32. The maximum absolute atomic E-state index is 13.1. The van der Waals surface area contributed by atoms with Crippen molar-refractivity contribution in [2.75, 3.05) is 6.54 Å². The van der Waals surface area contributed by atoms with Gasteiger partial charge in [0.05, 0.1) is 24.0 Å². The number of rotatable bonds is 7. The molecule has 0 saturated carbocycles. The van der Waals surface area contributed by atoms with Gasteiger partial charge in [0.15, 0.2) is 0 Å². The summed E-state index contributed by atoms with van der Waals surface area (Å²) in [6, 6.07) is 5.73. The summed E-state index contributed by atoms with van der Waals surface area (Å²) >= 11 is 3.37. The summed E-state index contributed by atoms with van der Waals surface area (Å²) in [6.07, 6.45) is -0.800. The molecule has 1 aromatic heterocycles. The Bertz CT molecular complexity index is 922. The third-order valence-corrected chi connectivity index (χ3v) is 5.64.